The maximum atomic E-state index is 9.51. The van der Waals surface area contributed by atoms with Crippen LogP contribution in [-0.2, 0) is 9.47 Å². The quantitative estimate of drug-likeness (QED) is 0.406. The Balaban J connectivity index is 2.60. The smallest absolute Gasteiger partial charge is 0.186 e. The minimum Gasteiger partial charge on any atom is -0.388 e. The SMILES string of the molecule is C=CCOC1O[C@H](CN)[C@@H](O)[C@H](O)[C@H]1O. The zero-order chi connectivity index (χ0) is 11.4. The Morgan fingerprint density at radius 3 is 2.47 bits per heavy atom. The van der Waals surface area contributed by atoms with E-state index in [1.165, 1.54) is 6.08 Å². The van der Waals surface area contributed by atoms with E-state index < -0.39 is 30.7 Å². The molecule has 0 aromatic rings. The van der Waals surface area contributed by atoms with Crippen LogP contribution in [0.5, 0.6) is 0 Å². The van der Waals surface area contributed by atoms with Crippen LogP contribution < -0.4 is 5.73 Å². The van der Waals surface area contributed by atoms with E-state index in [0.29, 0.717) is 0 Å². The molecule has 1 fully saturated rings. The second-order valence-corrected chi connectivity index (χ2v) is 3.37. The van der Waals surface area contributed by atoms with Crippen molar-refractivity contribution < 1.29 is 24.8 Å². The molecule has 0 aliphatic carbocycles. The Kier molecular flexibility index (Phi) is 4.65. The highest BCUT2D eigenvalue weighted by atomic mass is 16.7. The number of rotatable bonds is 4. The third-order valence-corrected chi connectivity index (χ3v) is 2.28. The monoisotopic (exact) mass is 219 g/mol. The molecule has 1 saturated heterocycles. The van der Waals surface area contributed by atoms with Gasteiger partial charge in [0.2, 0.25) is 0 Å². The number of aliphatic hydroxyl groups is 3. The van der Waals surface area contributed by atoms with Crippen molar-refractivity contribution in [1.82, 2.24) is 0 Å². The molecule has 0 spiro atoms. The Hall–Kier alpha value is -0.500. The van der Waals surface area contributed by atoms with Crippen molar-refractivity contribution in [2.24, 2.45) is 5.73 Å². The number of hydrogen-bond acceptors (Lipinski definition) is 6. The van der Waals surface area contributed by atoms with E-state index in [4.69, 9.17) is 15.2 Å². The second kappa shape index (κ2) is 5.55. The minimum atomic E-state index is -1.32. The van der Waals surface area contributed by atoms with Gasteiger partial charge in [-0.05, 0) is 0 Å². The van der Waals surface area contributed by atoms with Crippen LogP contribution in [0.3, 0.4) is 0 Å². The molecule has 0 bridgehead atoms. The third-order valence-electron chi connectivity index (χ3n) is 2.28. The lowest BCUT2D eigenvalue weighted by Crippen LogP contribution is -2.59. The van der Waals surface area contributed by atoms with Crippen LogP contribution in [0.4, 0.5) is 0 Å². The van der Waals surface area contributed by atoms with Crippen molar-refractivity contribution in [2.75, 3.05) is 13.2 Å². The van der Waals surface area contributed by atoms with Crippen molar-refractivity contribution in [1.29, 1.82) is 0 Å². The van der Waals surface area contributed by atoms with Crippen molar-refractivity contribution >= 4 is 0 Å². The highest BCUT2D eigenvalue weighted by molar-refractivity contribution is 4.89. The van der Waals surface area contributed by atoms with E-state index in [0.717, 1.165) is 0 Å². The van der Waals surface area contributed by atoms with Crippen LogP contribution >= 0.6 is 0 Å². The van der Waals surface area contributed by atoms with Crippen molar-refractivity contribution in [3.05, 3.63) is 12.7 Å². The highest BCUT2D eigenvalue weighted by Crippen LogP contribution is 2.21. The van der Waals surface area contributed by atoms with Gasteiger partial charge < -0.3 is 30.5 Å². The third kappa shape index (κ3) is 2.75. The van der Waals surface area contributed by atoms with E-state index in [9.17, 15) is 15.3 Å². The van der Waals surface area contributed by atoms with Gasteiger partial charge in [0.15, 0.2) is 6.29 Å². The van der Waals surface area contributed by atoms with Gasteiger partial charge in [-0.1, -0.05) is 6.08 Å². The van der Waals surface area contributed by atoms with Crippen molar-refractivity contribution in [3.63, 3.8) is 0 Å². The Labute approximate surface area is 87.9 Å². The van der Waals surface area contributed by atoms with E-state index in [1.54, 1.807) is 0 Å². The maximum absolute atomic E-state index is 9.51. The molecule has 88 valence electrons. The molecule has 1 heterocycles. The Bertz CT molecular complexity index is 211. The predicted octanol–water partition coefficient (Wildman–Crippen LogP) is -2.04. The van der Waals surface area contributed by atoms with E-state index in [2.05, 4.69) is 6.58 Å². The lowest BCUT2D eigenvalue weighted by atomic mass is 9.99. The zero-order valence-corrected chi connectivity index (χ0v) is 8.32. The molecule has 1 aliphatic rings. The average molecular weight is 219 g/mol. The van der Waals surface area contributed by atoms with Gasteiger partial charge in [-0.3, -0.25) is 0 Å². The van der Waals surface area contributed by atoms with Crippen LogP contribution in [0.1, 0.15) is 0 Å². The van der Waals surface area contributed by atoms with Gasteiger partial charge in [-0.25, -0.2) is 0 Å². The first-order chi connectivity index (χ1) is 7.11. The van der Waals surface area contributed by atoms with Gasteiger partial charge >= 0.3 is 0 Å². The first-order valence-corrected chi connectivity index (χ1v) is 4.74. The summed E-state index contributed by atoms with van der Waals surface area (Å²) in [7, 11) is 0. The summed E-state index contributed by atoms with van der Waals surface area (Å²) in [5.41, 5.74) is 5.34. The van der Waals surface area contributed by atoms with Gasteiger partial charge in [-0.2, -0.15) is 0 Å². The largest absolute Gasteiger partial charge is 0.388 e. The summed E-state index contributed by atoms with van der Waals surface area (Å²) in [6.07, 6.45) is -4.04. The van der Waals surface area contributed by atoms with Crippen LogP contribution in [0.25, 0.3) is 0 Å². The fourth-order valence-corrected chi connectivity index (χ4v) is 1.41. The summed E-state index contributed by atoms with van der Waals surface area (Å²) in [5, 5.41) is 28.4. The van der Waals surface area contributed by atoms with Gasteiger partial charge in [-0.15, -0.1) is 6.58 Å². The summed E-state index contributed by atoms with van der Waals surface area (Å²) in [6.45, 7) is 3.67. The van der Waals surface area contributed by atoms with Crippen LogP contribution in [0, 0.1) is 0 Å². The molecular weight excluding hydrogens is 202 g/mol. The molecule has 0 amide bonds. The lowest BCUT2D eigenvalue weighted by molar-refractivity contribution is -0.291. The molecule has 6 heteroatoms. The Morgan fingerprint density at radius 1 is 1.27 bits per heavy atom. The first-order valence-electron chi connectivity index (χ1n) is 4.74. The topological polar surface area (TPSA) is 105 Å². The number of hydrogen-bond donors (Lipinski definition) is 4. The van der Waals surface area contributed by atoms with Crippen molar-refractivity contribution in [3.8, 4) is 0 Å². The summed E-state index contributed by atoms with van der Waals surface area (Å²) >= 11 is 0. The molecule has 0 saturated carbocycles. The molecular formula is C9H17NO5. The van der Waals surface area contributed by atoms with Crippen LogP contribution in [0.15, 0.2) is 12.7 Å². The van der Waals surface area contributed by atoms with Gasteiger partial charge in [0.25, 0.3) is 0 Å². The molecule has 0 aromatic heterocycles. The normalized spacial score (nSPS) is 41.5. The molecule has 1 aliphatic heterocycles. The van der Waals surface area contributed by atoms with E-state index >= 15 is 0 Å². The first kappa shape index (κ1) is 12.6. The van der Waals surface area contributed by atoms with Crippen LogP contribution in [0.2, 0.25) is 0 Å². The molecule has 1 rings (SSSR count). The fraction of sp³-hybridized carbons (Fsp3) is 0.778. The molecule has 0 radical (unpaired) electrons. The van der Waals surface area contributed by atoms with E-state index in [-0.39, 0.29) is 13.2 Å². The fourth-order valence-electron chi connectivity index (χ4n) is 1.41. The molecule has 1 unspecified atom stereocenters. The molecule has 6 nitrogen and oxygen atoms in total. The van der Waals surface area contributed by atoms with Gasteiger partial charge in [0.05, 0.1) is 6.61 Å². The van der Waals surface area contributed by atoms with Crippen LogP contribution in [-0.4, -0.2) is 59.2 Å². The molecule has 5 atom stereocenters. The summed E-state index contributed by atoms with van der Waals surface area (Å²) in [6, 6.07) is 0. The zero-order valence-electron chi connectivity index (χ0n) is 8.32. The van der Waals surface area contributed by atoms with E-state index in [1.807, 2.05) is 0 Å². The highest BCUT2D eigenvalue weighted by Gasteiger charge is 2.43. The van der Waals surface area contributed by atoms with Gasteiger partial charge in [0, 0.05) is 6.54 Å². The predicted molar refractivity (Wildman–Crippen MR) is 51.9 cm³/mol. The summed E-state index contributed by atoms with van der Waals surface area (Å²) in [5.74, 6) is 0. The summed E-state index contributed by atoms with van der Waals surface area (Å²) < 4.78 is 10.3. The lowest BCUT2D eigenvalue weighted by Gasteiger charge is -2.39. The molecule has 5 N–H and O–H groups in total. The number of nitrogens with two attached hydrogens (primary N) is 1. The molecule has 0 aromatic carbocycles. The number of ether oxygens (including phenoxy) is 2. The Morgan fingerprint density at radius 2 is 1.93 bits per heavy atom. The number of aliphatic hydroxyl groups excluding tert-OH is 3. The maximum Gasteiger partial charge on any atom is 0.186 e. The average Bonchev–Trinajstić information content (AvgIpc) is 2.25. The van der Waals surface area contributed by atoms with Gasteiger partial charge in [0.1, 0.15) is 24.4 Å². The standard InChI is InChI=1S/C9H17NO5/c1-2-3-14-9-8(13)7(12)6(11)5(4-10)15-9/h2,5-9,11-13H,1,3-4,10H2/t5-,6-,7+,8-,9?/m1/s1. The molecule has 15 heavy (non-hydrogen) atoms. The minimum absolute atomic E-state index is 0.0406. The summed E-state index contributed by atoms with van der Waals surface area (Å²) in [4.78, 5) is 0. The van der Waals surface area contributed by atoms with Crippen molar-refractivity contribution in [2.45, 2.75) is 30.7 Å². The second-order valence-electron chi connectivity index (χ2n) is 3.37.